The van der Waals surface area contributed by atoms with Gasteiger partial charge in [-0.2, -0.15) is 14.9 Å². The Balaban J connectivity index is 1.78. The van der Waals surface area contributed by atoms with Gasteiger partial charge >= 0.3 is 0 Å². The Morgan fingerprint density at radius 1 is 1.00 bits per heavy atom. The molecule has 0 radical (unpaired) electrons. The minimum absolute atomic E-state index is 0.302. The second kappa shape index (κ2) is 6.41. The van der Waals surface area contributed by atoms with Crippen molar-refractivity contribution in [3.63, 3.8) is 0 Å². The third-order valence-electron chi connectivity index (χ3n) is 3.89. The topological polar surface area (TPSA) is 46.0 Å². The van der Waals surface area contributed by atoms with Crippen molar-refractivity contribution in [1.82, 2.24) is 14.9 Å². The van der Waals surface area contributed by atoms with Gasteiger partial charge in [0.2, 0.25) is 4.77 Å². The van der Waals surface area contributed by atoms with Crippen LogP contribution in [0.1, 0.15) is 5.56 Å². The lowest BCUT2D eigenvalue weighted by molar-refractivity contribution is 0.628. The fourth-order valence-electron chi connectivity index (χ4n) is 2.67. The quantitative estimate of drug-likeness (QED) is 0.428. The van der Waals surface area contributed by atoms with Gasteiger partial charge in [-0.15, -0.1) is 0 Å². The van der Waals surface area contributed by atoms with Crippen LogP contribution >= 0.6 is 12.2 Å². The molecule has 0 bridgehead atoms. The first-order chi connectivity index (χ1) is 12.2. The zero-order chi connectivity index (χ0) is 17.2. The molecule has 4 rings (SSSR count). The summed E-state index contributed by atoms with van der Waals surface area (Å²) in [5.74, 6) is 0.227. The van der Waals surface area contributed by atoms with Crippen LogP contribution in [0.15, 0.2) is 71.8 Å². The summed E-state index contributed by atoms with van der Waals surface area (Å²) in [4.78, 5) is 0. The number of fused-ring (bicyclic) bond motifs is 1. The lowest BCUT2D eigenvalue weighted by Crippen LogP contribution is -1.95. The SMILES string of the molecule is Fc1ccc(-c2n[nH]c(=S)n2/N=C\c2cccc3ccccc23)cc1. The highest BCUT2D eigenvalue weighted by molar-refractivity contribution is 7.71. The molecule has 1 aromatic heterocycles. The Morgan fingerprint density at radius 3 is 2.60 bits per heavy atom. The van der Waals surface area contributed by atoms with E-state index in [2.05, 4.69) is 27.4 Å². The average molecular weight is 348 g/mol. The van der Waals surface area contributed by atoms with Gasteiger partial charge in [0.25, 0.3) is 0 Å². The summed E-state index contributed by atoms with van der Waals surface area (Å²) in [5, 5.41) is 13.7. The van der Waals surface area contributed by atoms with Crippen molar-refractivity contribution in [1.29, 1.82) is 0 Å². The molecule has 6 heteroatoms. The van der Waals surface area contributed by atoms with Crippen LogP contribution in [0, 0.1) is 10.6 Å². The normalized spacial score (nSPS) is 11.4. The molecule has 0 aliphatic carbocycles. The van der Waals surface area contributed by atoms with E-state index in [4.69, 9.17) is 12.2 Å². The Hall–Kier alpha value is -3.12. The lowest BCUT2D eigenvalue weighted by Gasteiger charge is -2.03. The zero-order valence-corrected chi connectivity index (χ0v) is 13.9. The molecule has 0 spiro atoms. The number of nitrogens with one attached hydrogen (secondary N) is 1. The molecule has 0 saturated heterocycles. The maximum atomic E-state index is 13.1. The molecule has 0 aliphatic heterocycles. The molecule has 1 heterocycles. The van der Waals surface area contributed by atoms with E-state index < -0.39 is 0 Å². The number of H-pyrrole nitrogens is 1. The third kappa shape index (κ3) is 2.99. The van der Waals surface area contributed by atoms with Gasteiger partial charge in [-0.05, 0) is 47.3 Å². The molecular weight excluding hydrogens is 335 g/mol. The number of hydrogen-bond donors (Lipinski definition) is 1. The molecule has 0 saturated carbocycles. The van der Waals surface area contributed by atoms with Crippen molar-refractivity contribution in [3.8, 4) is 11.4 Å². The molecule has 0 unspecified atom stereocenters. The van der Waals surface area contributed by atoms with Crippen molar-refractivity contribution in [2.45, 2.75) is 0 Å². The predicted molar refractivity (Wildman–Crippen MR) is 99.7 cm³/mol. The van der Waals surface area contributed by atoms with E-state index >= 15 is 0 Å². The first-order valence-corrected chi connectivity index (χ1v) is 8.09. The summed E-state index contributed by atoms with van der Waals surface area (Å²) < 4.78 is 15.0. The minimum Gasteiger partial charge on any atom is -0.250 e. The van der Waals surface area contributed by atoms with Crippen molar-refractivity contribution in [2.75, 3.05) is 0 Å². The monoisotopic (exact) mass is 348 g/mol. The van der Waals surface area contributed by atoms with Gasteiger partial charge in [0.15, 0.2) is 5.82 Å². The van der Waals surface area contributed by atoms with E-state index in [1.807, 2.05) is 30.3 Å². The summed E-state index contributed by atoms with van der Waals surface area (Å²) in [6.45, 7) is 0. The van der Waals surface area contributed by atoms with Gasteiger partial charge < -0.3 is 0 Å². The number of hydrogen-bond acceptors (Lipinski definition) is 3. The molecule has 3 aromatic carbocycles. The Bertz CT molecular complexity index is 1120. The molecule has 25 heavy (non-hydrogen) atoms. The van der Waals surface area contributed by atoms with Crippen LogP contribution in [0.3, 0.4) is 0 Å². The second-order valence-corrected chi connectivity index (χ2v) is 5.87. The van der Waals surface area contributed by atoms with Gasteiger partial charge in [0.1, 0.15) is 5.82 Å². The van der Waals surface area contributed by atoms with E-state index in [0.717, 1.165) is 21.9 Å². The molecule has 0 aliphatic rings. The van der Waals surface area contributed by atoms with Crippen molar-refractivity contribution < 1.29 is 4.39 Å². The van der Waals surface area contributed by atoms with Gasteiger partial charge in [-0.1, -0.05) is 42.5 Å². The molecule has 4 nitrogen and oxygen atoms in total. The van der Waals surface area contributed by atoms with Gasteiger partial charge in [-0.25, -0.2) is 9.49 Å². The Labute approximate surface area is 148 Å². The molecule has 0 fully saturated rings. The summed E-state index contributed by atoms with van der Waals surface area (Å²) in [6.07, 6.45) is 1.75. The maximum Gasteiger partial charge on any atom is 0.216 e. The van der Waals surface area contributed by atoms with Gasteiger partial charge in [-0.3, -0.25) is 0 Å². The molecule has 0 atom stereocenters. The van der Waals surface area contributed by atoms with Gasteiger partial charge in [0, 0.05) is 11.1 Å². The van der Waals surface area contributed by atoms with Crippen LogP contribution in [0.5, 0.6) is 0 Å². The smallest absolute Gasteiger partial charge is 0.216 e. The number of nitrogens with zero attached hydrogens (tertiary/aromatic N) is 3. The first-order valence-electron chi connectivity index (χ1n) is 7.68. The first kappa shape index (κ1) is 15.4. The van der Waals surface area contributed by atoms with E-state index in [0.29, 0.717) is 10.6 Å². The van der Waals surface area contributed by atoms with Crippen LogP contribution in [0.2, 0.25) is 0 Å². The van der Waals surface area contributed by atoms with E-state index in [9.17, 15) is 4.39 Å². The number of rotatable bonds is 3. The zero-order valence-electron chi connectivity index (χ0n) is 13.1. The Morgan fingerprint density at radius 2 is 1.76 bits per heavy atom. The maximum absolute atomic E-state index is 13.1. The van der Waals surface area contributed by atoms with Crippen LogP contribution in [-0.2, 0) is 0 Å². The minimum atomic E-state index is -0.302. The van der Waals surface area contributed by atoms with Gasteiger partial charge in [0.05, 0.1) is 6.21 Å². The lowest BCUT2D eigenvalue weighted by atomic mass is 10.1. The van der Waals surface area contributed by atoms with Crippen LogP contribution in [-0.4, -0.2) is 21.1 Å². The van der Waals surface area contributed by atoms with Crippen LogP contribution in [0.25, 0.3) is 22.2 Å². The predicted octanol–water partition coefficient (Wildman–Crippen LogP) is 4.78. The molecule has 1 N–H and O–H groups in total. The highest BCUT2D eigenvalue weighted by atomic mass is 32.1. The average Bonchev–Trinajstić information content (AvgIpc) is 3.01. The molecule has 122 valence electrons. The van der Waals surface area contributed by atoms with Crippen molar-refractivity contribution >= 4 is 29.2 Å². The van der Waals surface area contributed by atoms with E-state index in [1.54, 1.807) is 18.3 Å². The van der Waals surface area contributed by atoms with E-state index in [1.165, 1.54) is 16.8 Å². The molecule has 4 aromatic rings. The largest absolute Gasteiger partial charge is 0.250 e. The fourth-order valence-corrected chi connectivity index (χ4v) is 2.85. The highest BCUT2D eigenvalue weighted by Crippen LogP contribution is 2.19. The van der Waals surface area contributed by atoms with Crippen LogP contribution < -0.4 is 0 Å². The third-order valence-corrected chi connectivity index (χ3v) is 4.15. The van der Waals surface area contributed by atoms with E-state index in [-0.39, 0.29) is 5.82 Å². The second-order valence-electron chi connectivity index (χ2n) is 5.48. The van der Waals surface area contributed by atoms with Crippen molar-refractivity contribution in [3.05, 3.63) is 82.9 Å². The number of halogens is 1. The van der Waals surface area contributed by atoms with Crippen LogP contribution in [0.4, 0.5) is 4.39 Å². The highest BCUT2D eigenvalue weighted by Gasteiger charge is 2.08. The number of benzene rings is 3. The Kier molecular flexibility index (Phi) is 3.95. The number of aromatic nitrogens is 3. The molecule has 0 amide bonds. The standard InChI is InChI=1S/C19H13FN4S/c20-16-10-8-14(9-11-16)18-22-23-19(25)24(18)21-12-15-6-3-5-13-4-1-2-7-17(13)15/h1-12H,(H,23,25)/b21-12-. The molecular formula is C19H13FN4S. The summed E-state index contributed by atoms with van der Waals surface area (Å²) >= 11 is 5.27. The van der Waals surface area contributed by atoms with Crippen molar-refractivity contribution in [2.24, 2.45) is 5.10 Å². The summed E-state index contributed by atoms with van der Waals surface area (Å²) in [5.41, 5.74) is 1.70. The summed E-state index contributed by atoms with van der Waals surface area (Å²) in [7, 11) is 0. The summed E-state index contributed by atoms with van der Waals surface area (Å²) in [6, 6.07) is 20.2. The number of aromatic amines is 1. The fraction of sp³-hybridized carbons (Fsp3) is 0.